The molecule has 0 saturated heterocycles. The average molecular weight is 364 g/mol. The van der Waals surface area contributed by atoms with Crippen LogP contribution in [0.25, 0.3) is 0 Å². The zero-order valence-corrected chi connectivity index (χ0v) is 14.9. The quantitative estimate of drug-likeness (QED) is 0.633. The second-order valence-electron chi connectivity index (χ2n) is 5.69. The summed E-state index contributed by atoms with van der Waals surface area (Å²) >= 11 is 7.40. The zero-order valence-electron chi connectivity index (χ0n) is 13.4. The average Bonchev–Trinajstić information content (AvgIpc) is 2.98. The van der Waals surface area contributed by atoms with Crippen molar-refractivity contribution in [2.45, 2.75) is 25.7 Å². The van der Waals surface area contributed by atoms with Crippen LogP contribution in [0.3, 0.4) is 0 Å². The largest absolute Gasteiger partial charge is 0.465 e. The molecule has 24 heavy (non-hydrogen) atoms. The van der Waals surface area contributed by atoms with Gasteiger partial charge in [-0.25, -0.2) is 4.79 Å². The number of benzene rings is 1. The van der Waals surface area contributed by atoms with Crippen molar-refractivity contribution in [1.29, 1.82) is 0 Å². The Morgan fingerprint density at radius 1 is 1.21 bits per heavy atom. The predicted molar refractivity (Wildman–Crippen MR) is 96.6 cm³/mol. The minimum Gasteiger partial charge on any atom is -0.465 e. The van der Waals surface area contributed by atoms with Gasteiger partial charge in [-0.2, -0.15) is 0 Å². The summed E-state index contributed by atoms with van der Waals surface area (Å²) in [4.78, 5) is 25.7. The highest BCUT2D eigenvalue weighted by atomic mass is 35.5. The highest BCUT2D eigenvalue weighted by molar-refractivity contribution is 7.16. The van der Waals surface area contributed by atoms with E-state index >= 15 is 0 Å². The summed E-state index contributed by atoms with van der Waals surface area (Å²) in [6.07, 6.45) is 4.09. The van der Waals surface area contributed by atoms with Gasteiger partial charge in [-0.3, -0.25) is 4.79 Å². The van der Waals surface area contributed by atoms with Crippen LogP contribution in [-0.2, 0) is 17.6 Å². The highest BCUT2D eigenvalue weighted by Crippen LogP contribution is 2.38. The molecule has 2 aromatic rings. The minimum absolute atomic E-state index is 0.0474. The van der Waals surface area contributed by atoms with E-state index in [4.69, 9.17) is 16.3 Å². The van der Waals surface area contributed by atoms with Gasteiger partial charge in [0.2, 0.25) is 0 Å². The molecule has 4 nitrogen and oxygen atoms in total. The molecule has 1 aromatic carbocycles. The molecule has 0 unspecified atom stereocenters. The van der Waals surface area contributed by atoms with E-state index in [1.54, 1.807) is 35.6 Å². The van der Waals surface area contributed by atoms with Gasteiger partial charge in [-0.05, 0) is 55.5 Å². The maximum atomic E-state index is 12.3. The lowest BCUT2D eigenvalue weighted by atomic mass is 9.95. The number of halogens is 1. The summed E-state index contributed by atoms with van der Waals surface area (Å²) in [6, 6.07) is 6.79. The third-order valence-corrected chi connectivity index (χ3v) is 5.64. The van der Waals surface area contributed by atoms with Gasteiger partial charge >= 0.3 is 5.97 Å². The lowest BCUT2D eigenvalue weighted by Gasteiger charge is -2.11. The van der Waals surface area contributed by atoms with Crippen LogP contribution in [-0.4, -0.2) is 25.4 Å². The van der Waals surface area contributed by atoms with Crippen molar-refractivity contribution in [2.75, 3.05) is 19.0 Å². The Balaban J connectivity index is 1.79. The molecule has 1 aromatic heterocycles. The first-order valence-corrected chi connectivity index (χ1v) is 9.05. The Morgan fingerprint density at radius 3 is 2.62 bits per heavy atom. The monoisotopic (exact) mass is 363 g/mol. The first kappa shape index (κ1) is 17.0. The number of anilines is 1. The van der Waals surface area contributed by atoms with Crippen LogP contribution < -0.4 is 5.32 Å². The zero-order chi connectivity index (χ0) is 17.1. The summed E-state index contributed by atoms with van der Waals surface area (Å²) in [5.41, 5.74) is 2.27. The van der Waals surface area contributed by atoms with E-state index in [1.165, 1.54) is 12.0 Å². The normalized spacial score (nSPS) is 13.2. The first-order chi connectivity index (χ1) is 11.6. The van der Waals surface area contributed by atoms with E-state index < -0.39 is 0 Å². The number of carbonyl (C=O) groups excluding carboxylic acids is 2. The fraction of sp³-hybridized carbons (Fsp3) is 0.333. The van der Waals surface area contributed by atoms with Crippen molar-refractivity contribution in [3.05, 3.63) is 50.9 Å². The van der Waals surface area contributed by atoms with Crippen molar-refractivity contribution < 1.29 is 14.3 Å². The summed E-state index contributed by atoms with van der Waals surface area (Å²) < 4.78 is 4.93. The molecule has 126 valence electrons. The van der Waals surface area contributed by atoms with E-state index in [0.29, 0.717) is 16.1 Å². The van der Waals surface area contributed by atoms with E-state index in [2.05, 4.69) is 5.32 Å². The molecule has 1 aliphatic rings. The lowest BCUT2D eigenvalue weighted by Crippen LogP contribution is -2.16. The van der Waals surface area contributed by atoms with Crippen molar-refractivity contribution in [3.63, 3.8) is 0 Å². The first-order valence-electron chi connectivity index (χ1n) is 7.85. The number of hydrogen-bond donors (Lipinski definition) is 1. The third-order valence-electron chi connectivity index (χ3n) is 4.14. The van der Waals surface area contributed by atoms with Crippen molar-refractivity contribution in [3.8, 4) is 0 Å². The summed E-state index contributed by atoms with van der Waals surface area (Å²) in [7, 11) is 1.39. The van der Waals surface area contributed by atoms with Crippen molar-refractivity contribution in [2.24, 2.45) is 0 Å². The Morgan fingerprint density at radius 2 is 1.92 bits per heavy atom. The molecule has 0 fully saturated rings. The van der Waals surface area contributed by atoms with Crippen LogP contribution in [0.15, 0.2) is 24.3 Å². The van der Waals surface area contributed by atoms with Gasteiger partial charge in [0.25, 0.3) is 0 Å². The number of Topliss-reactive ketones (excluding diaryl/α,β-unsaturated/α-hetero) is 1. The molecule has 0 atom stereocenters. The number of fused-ring (bicyclic) bond motifs is 1. The summed E-state index contributed by atoms with van der Waals surface area (Å²) in [5, 5.41) is 4.46. The van der Waals surface area contributed by atoms with E-state index in [-0.39, 0.29) is 18.3 Å². The molecular weight excluding hydrogens is 346 g/mol. The number of nitrogens with one attached hydrogen (secondary N) is 1. The third kappa shape index (κ3) is 3.47. The molecule has 1 N–H and O–H groups in total. The van der Waals surface area contributed by atoms with E-state index in [1.807, 2.05) is 0 Å². The van der Waals surface area contributed by atoms with Gasteiger partial charge < -0.3 is 10.1 Å². The number of rotatable bonds is 5. The Hall–Kier alpha value is -1.85. The van der Waals surface area contributed by atoms with Crippen LogP contribution in [0.5, 0.6) is 0 Å². The minimum atomic E-state index is -0.337. The smallest absolute Gasteiger partial charge is 0.341 e. The number of methoxy groups -OCH3 is 1. The molecule has 0 aliphatic heterocycles. The second-order valence-corrected chi connectivity index (χ2v) is 7.23. The molecule has 0 bridgehead atoms. The van der Waals surface area contributed by atoms with Crippen LogP contribution in [0.4, 0.5) is 5.00 Å². The second kappa shape index (κ2) is 7.36. The van der Waals surface area contributed by atoms with Gasteiger partial charge in [0.15, 0.2) is 5.78 Å². The van der Waals surface area contributed by atoms with E-state index in [0.717, 1.165) is 36.2 Å². The number of ketones is 1. The van der Waals surface area contributed by atoms with Crippen LogP contribution in [0.2, 0.25) is 5.02 Å². The summed E-state index contributed by atoms with van der Waals surface area (Å²) in [5.74, 6) is -0.385. The highest BCUT2D eigenvalue weighted by Gasteiger charge is 2.26. The molecular formula is C18H18ClNO3S. The Labute approximate surface area is 149 Å². The predicted octanol–water partition coefficient (Wildman–Crippen LogP) is 4.36. The van der Waals surface area contributed by atoms with Crippen molar-refractivity contribution >= 4 is 39.7 Å². The number of ether oxygens (including phenoxy) is 1. The van der Waals surface area contributed by atoms with Gasteiger partial charge in [0.05, 0.1) is 19.2 Å². The molecule has 1 aliphatic carbocycles. The number of thiophene rings is 1. The molecule has 0 amide bonds. The fourth-order valence-electron chi connectivity index (χ4n) is 2.91. The maximum absolute atomic E-state index is 12.3. The Bertz CT molecular complexity index is 767. The number of carbonyl (C=O) groups is 2. The van der Waals surface area contributed by atoms with Crippen molar-refractivity contribution in [1.82, 2.24) is 0 Å². The number of hydrogen-bond acceptors (Lipinski definition) is 5. The van der Waals surface area contributed by atoms with Gasteiger partial charge in [-0.1, -0.05) is 11.6 Å². The molecule has 1 heterocycles. The van der Waals surface area contributed by atoms with Gasteiger partial charge in [-0.15, -0.1) is 11.3 Å². The van der Waals surface area contributed by atoms with Crippen LogP contribution in [0, 0.1) is 0 Å². The van der Waals surface area contributed by atoms with Crippen LogP contribution >= 0.6 is 22.9 Å². The molecule has 0 saturated carbocycles. The van der Waals surface area contributed by atoms with Gasteiger partial charge in [0.1, 0.15) is 5.00 Å². The molecule has 0 radical (unpaired) electrons. The fourth-order valence-corrected chi connectivity index (χ4v) is 4.31. The number of aryl methyl sites for hydroxylation is 1. The van der Waals surface area contributed by atoms with E-state index in [9.17, 15) is 9.59 Å². The lowest BCUT2D eigenvalue weighted by molar-refractivity contribution is 0.0600. The Kier molecular flexibility index (Phi) is 5.21. The topological polar surface area (TPSA) is 55.4 Å². The molecule has 6 heteroatoms. The maximum Gasteiger partial charge on any atom is 0.341 e. The standard InChI is InChI=1S/C18H18ClNO3S/c1-23-18(22)16-13-4-2-3-5-15(13)24-17(16)20-10-14(21)11-6-8-12(19)9-7-11/h6-9,20H,2-5,10H2,1H3. The SMILES string of the molecule is COC(=O)c1c(NCC(=O)c2ccc(Cl)cc2)sc2c1CCCC2. The number of esters is 1. The molecule has 0 spiro atoms. The summed E-state index contributed by atoms with van der Waals surface area (Å²) in [6.45, 7) is 0.130. The van der Waals surface area contributed by atoms with Crippen LogP contribution in [0.1, 0.15) is 44.0 Å². The molecule has 3 rings (SSSR count). The van der Waals surface area contributed by atoms with Gasteiger partial charge in [0, 0.05) is 15.5 Å².